The maximum atomic E-state index is 12.0. The lowest BCUT2D eigenvalue weighted by atomic mass is 10.1. The predicted molar refractivity (Wildman–Crippen MR) is 72.6 cm³/mol. The molecule has 0 aromatic carbocycles. The summed E-state index contributed by atoms with van der Waals surface area (Å²) in [6, 6.07) is 0.132. The van der Waals surface area contributed by atoms with Crippen molar-refractivity contribution in [2.45, 2.75) is 37.8 Å². The Morgan fingerprint density at radius 1 is 1.35 bits per heavy atom. The number of aromatic nitrogens is 2. The summed E-state index contributed by atoms with van der Waals surface area (Å²) in [6.07, 6.45) is 3.52. The summed E-state index contributed by atoms with van der Waals surface area (Å²) < 4.78 is 16.4. The Morgan fingerprint density at radius 3 is 2.85 bits per heavy atom. The van der Waals surface area contributed by atoms with Gasteiger partial charge in [-0.15, -0.1) is 0 Å². The van der Waals surface area contributed by atoms with Crippen LogP contribution < -0.4 is 10.6 Å². The zero-order valence-corrected chi connectivity index (χ0v) is 11.9. The number of carbonyl (C=O) groups excluding carboxylic acids is 1. The van der Waals surface area contributed by atoms with Crippen molar-refractivity contribution in [2.24, 2.45) is 0 Å². The third kappa shape index (κ3) is 3.06. The molecule has 8 heteroatoms. The van der Waals surface area contributed by atoms with Crippen molar-refractivity contribution in [3.05, 3.63) is 11.7 Å². The summed E-state index contributed by atoms with van der Waals surface area (Å²) in [7, 11) is -0.727. The van der Waals surface area contributed by atoms with Crippen molar-refractivity contribution in [1.82, 2.24) is 20.8 Å². The van der Waals surface area contributed by atoms with E-state index >= 15 is 0 Å². The van der Waals surface area contributed by atoms with Gasteiger partial charge in [-0.2, -0.15) is 4.98 Å². The van der Waals surface area contributed by atoms with Crippen molar-refractivity contribution >= 4 is 16.7 Å². The molecule has 2 aliphatic rings. The fourth-order valence-electron chi connectivity index (χ4n) is 2.55. The first kappa shape index (κ1) is 13.7. The molecule has 1 aromatic heterocycles. The molecule has 0 aliphatic carbocycles. The lowest BCUT2D eigenvalue weighted by molar-refractivity contribution is 0.0921. The van der Waals surface area contributed by atoms with Crippen molar-refractivity contribution in [3.63, 3.8) is 0 Å². The Kier molecular flexibility index (Phi) is 4.11. The molecule has 3 heterocycles. The van der Waals surface area contributed by atoms with Gasteiger partial charge in [0.05, 0.1) is 6.04 Å². The van der Waals surface area contributed by atoms with E-state index in [1.807, 2.05) is 0 Å². The number of hydrogen-bond acceptors (Lipinski definition) is 6. The van der Waals surface area contributed by atoms with Gasteiger partial charge < -0.3 is 15.2 Å². The fourth-order valence-corrected chi connectivity index (χ4v) is 3.85. The highest BCUT2D eigenvalue weighted by molar-refractivity contribution is 7.85. The van der Waals surface area contributed by atoms with Crippen LogP contribution in [0.4, 0.5) is 0 Å². The Hall–Kier alpha value is -1.28. The zero-order chi connectivity index (χ0) is 13.9. The third-order valence-electron chi connectivity index (χ3n) is 3.73. The average Bonchev–Trinajstić information content (AvgIpc) is 3.11. The molecule has 110 valence electrons. The minimum Gasteiger partial charge on any atom is -0.346 e. The van der Waals surface area contributed by atoms with Crippen LogP contribution in [-0.2, 0) is 10.8 Å². The van der Waals surface area contributed by atoms with Crippen LogP contribution in [-0.4, -0.2) is 44.3 Å². The average molecular weight is 298 g/mol. The molecular formula is C12H18N4O3S. The number of rotatable bonds is 3. The standard InChI is InChI=1S/C12H18N4O3S/c17-11(14-8-3-6-20(18)7-4-8)10-15-12(19-16-10)9-2-1-5-13-9/h8-9,13H,1-7H2,(H,14,17). The monoisotopic (exact) mass is 298 g/mol. The van der Waals surface area contributed by atoms with E-state index < -0.39 is 10.8 Å². The van der Waals surface area contributed by atoms with Crippen LogP contribution in [0.1, 0.15) is 48.2 Å². The highest BCUT2D eigenvalue weighted by Gasteiger charge is 2.26. The SMILES string of the molecule is O=C(NC1CCS(=O)CC1)c1noc(C2CCCN2)n1. The van der Waals surface area contributed by atoms with E-state index in [1.165, 1.54) is 0 Å². The molecule has 1 unspecified atom stereocenters. The van der Waals surface area contributed by atoms with Gasteiger partial charge in [0.15, 0.2) is 0 Å². The van der Waals surface area contributed by atoms with Crippen molar-refractivity contribution in [2.75, 3.05) is 18.1 Å². The number of nitrogens with one attached hydrogen (secondary N) is 2. The summed E-state index contributed by atoms with van der Waals surface area (Å²) >= 11 is 0. The summed E-state index contributed by atoms with van der Waals surface area (Å²) in [6.45, 7) is 0.938. The first-order valence-corrected chi connectivity index (χ1v) is 8.44. The van der Waals surface area contributed by atoms with Crippen LogP contribution >= 0.6 is 0 Å². The highest BCUT2D eigenvalue weighted by Crippen LogP contribution is 2.21. The van der Waals surface area contributed by atoms with Gasteiger partial charge in [-0.1, -0.05) is 5.16 Å². The third-order valence-corrected chi connectivity index (χ3v) is 5.11. The molecule has 0 radical (unpaired) electrons. The van der Waals surface area contributed by atoms with Gasteiger partial charge in [0.2, 0.25) is 5.89 Å². The number of carbonyl (C=O) groups is 1. The molecular weight excluding hydrogens is 280 g/mol. The van der Waals surface area contributed by atoms with E-state index in [2.05, 4.69) is 20.8 Å². The molecule has 1 amide bonds. The minimum absolute atomic E-state index is 0.0618. The molecule has 0 bridgehead atoms. The van der Waals surface area contributed by atoms with Crippen LogP contribution in [0.3, 0.4) is 0 Å². The molecule has 20 heavy (non-hydrogen) atoms. The molecule has 2 N–H and O–H groups in total. The molecule has 0 saturated carbocycles. The van der Waals surface area contributed by atoms with Gasteiger partial charge in [0.1, 0.15) is 0 Å². The van der Waals surface area contributed by atoms with Gasteiger partial charge in [0.25, 0.3) is 11.7 Å². The van der Waals surface area contributed by atoms with Crippen LogP contribution in [0.15, 0.2) is 4.52 Å². The lowest BCUT2D eigenvalue weighted by Gasteiger charge is -2.21. The maximum absolute atomic E-state index is 12.0. The fraction of sp³-hybridized carbons (Fsp3) is 0.750. The van der Waals surface area contributed by atoms with E-state index in [-0.39, 0.29) is 23.8 Å². The van der Waals surface area contributed by atoms with E-state index in [1.54, 1.807) is 0 Å². The molecule has 1 aromatic rings. The highest BCUT2D eigenvalue weighted by atomic mass is 32.2. The van der Waals surface area contributed by atoms with Crippen LogP contribution in [0.25, 0.3) is 0 Å². The van der Waals surface area contributed by atoms with Crippen molar-refractivity contribution in [1.29, 1.82) is 0 Å². The van der Waals surface area contributed by atoms with E-state index in [0.717, 1.165) is 32.2 Å². The molecule has 1 atom stereocenters. The number of hydrogen-bond donors (Lipinski definition) is 2. The second-order valence-corrected chi connectivity index (χ2v) is 6.90. The van der Waals surface area contributed by atoms with Crippen LogP contribution in [0, 0.1) is 0 Å². The lowest BCUT2D eigenvalue weighted by Crippen LogP contribution is -2.40. The summed E-state index contributed by atoms with van der Waals surface area (Å²) in [5, 5.41) is 9.87. The maximum Gasteiger partial charge on any atom is 0.292 e. The molecule has 2 saturated heterocycles. The molecule has 3 rings (SSSR count). The normalized spacial score (nSPS) is 30.3. The summed E-state index contributed by atoms with van der Waals surface area (Å²) in [5.74, 6) is 1.55. The predicted octanol–water partition coefficient (Wildman–Crippen LogP) is 0.135. The van der Waals surface area contributed by atoms with Gasteiger partial charge in [-0.3, -0.25) is 9.00 Å². The van der Waals surface area contributed by atoms with E-state index in [9.17, 15) is 9.00 Å². The Bertz CT molecular complexity index is 503. The van der Waals surface area contributed by atoms with Crippen LogP contribution in [0.5, 0.6) is 0 Å². The van der Waals surface area contributed by atoms with Crippen molar-refractivity contribution < 1.29 is 13.5 Å². The van der Waals surface area contributed by atoms with E-state index in [4.69, 9.17) is 4.52 Å². The van der Waals surface area contributed by atoms with Crippen molar-refractivity contribution in [3.8, 4) is 0 Å². The first-order valence-electron chi connectivity index (χ1n) is 6.95. The summed E-state index contributed by atoms with van der Waals surface area (Å²) in [4.78, 5) is 16.2. The van der Waals surface area contributed by atoms with E-state index in [0.29, 0.717) is 17.4 Å². The number of amides is 1. The Labute approximate surface area is 119 Å². The topological polar surface area (TPSA) is 97.1 Å². The van der Waals surface area contributed by atoms with Gasteiger partial charge >= 0.3 is 0 Å². The first-order chi connectivity index (χ1) is 9.72. The quantitative estimate of drug-likeness (QED) is 0.823. The van der Waals surface area contributed by atoms with Gasteiger partial charge in [-0.25, -0.2) is 0 Å². The van der Waals surface area contributed by atoms with Gasteiger partial charge in [0, 0.05) is 28.3 Å². The Morgan fingerprint density at radius 2 is 2.15 bits per heavy atom. The number of nitrogens with zero attached hydrogens (tertiary/aromatic N) is 2. The second kappa shape index (κ2) is 6.01. The minimum atomic E-state index is -0.727. The summed E-state index contributed by atoms with van der Waals surface area (Å²) in [5.41, 5.74) is 0. The van der Waals surface area contributed by atoms with Crippen LogP contribution in [0.2, 0.25) is 0 Å². The largest absolute Gasteiger partial charge is 0.346 e. The molecule has 7 nitrogen and oxygen atoms in total. The molecule has 0 spiro atoms. The Balaban J connectivity index is 1.58. The second-order valence-electron chi connectivity index (χ2n) is 5.20. The molecule has 2 aliphatic heterocycles. The molecule has 2 fully saturated rings. The van der Waals surface area contributed by atoms with Gasteiger partial charge in [-0.05, 0) is 32.2 Å². The smallest absolute Gasteiger partial charge is 0.292 e. The zero-order valence-electron chi connectivity index (χ0n) is 11.1.